The molecule has 2 aromatic rings. The van der Waals surface area contributed by atoms with Gasteiger partial charge in [-0.05, 0) is 36.4 Å². The number of hydrogen-bond donors (Lipinski definition) is 0. The van der Waals surface area contributed by atoms with Gasteiger partial charge < -0.3 is 4.90 Å². The molecule has 0 heterocycles. The van der Waals surface area contributed by atoms with Crippen LogP contribution in [0.2, 0.25) is 0 Å². The molecule has 0 radical (unpaired) electrons. The molecule has 0 atom stereocenters. The molecule has 0 aliphatic rings. The first-order valence-electron chi connectivity index (χ1n) is 7.43. The summed E-state index contributed by atoms with van der Waals surface area (Å²) >= 11 is 0. The molecule has 0 saturated heterocycles. The van der Waals surface area contributed by atoms with Gasteiger partial charge in [0.1, 0.15) is 5.82 Å². The molecule has 0 fully saturated rings. The van der Waals surface area contributed by atoms with Crippen molar-refractivity contribution in [2.24, 2.45) is 0 Å². The Kier molecular flexibility index (Phi) is 5.69. The Balaban J connectivity index is 2.17. The van der Waals surface area contributed by atoms with Gasteiger partial charge in [0.25, 0.3) is 0 Å². The summed E-state index contributed by atoms with van der Waals surface area (Å²) in [5.74, 6) is -0.801. The van der Waals surface area contributed by atoms with Crippen LogP contribution in [0.25, 0.3) is 0 Å². The first-order chi connectivity index (χ1) is 11.4. The zero-order valence-corrected chi connectivity index (χ0v) is 14.3. The standard InChI is InChI=1S/C17H19FN2O3S/c1-3-20(24(22,23)16-7-5-4-6-8-16)13-17(21)19(2)15-11-9-14(18)10-12-15/h4-12H,3,13H2,1-2H3. The first-order valence-corrected chi connectivity index (χ1v) is 8.87. The van der Waals surface area contributed by atoms with E-state index in [9.17, 15) is 17.6 Å². The minimum Gasteiger partial charge on any atom is -0.314 e. The van der Waals surface area contributed by atoms with Crippen molar-refractivity contribution in [3.8, 4) is 0 Å². The van der Waals surface area contributed by atoms with Gasteiger partial charge in [0, 0.05) is 19.3 Å². The minimum atomic E-state index is -3.74. The number of amides is 1. The molecule has 0 N–H and O–H groups in total. The van der Waals surface area contributed by atoms with Crippen LogP contribution in [0.1, 0.15) is 6.92 Å². The van der Waals surface area contributed by atoms with Crippen LogP contribution in [0.5, 0.6) is 0 Å². The van der Waals surface area contributed by atoms with Crippen molar-refractivity contribution in [1.82, 2.24) is 4.31 Å². The summed E-state index contributed by atoms with van der Waals surface area (Å²) in [6, 6.07) is 13.4. The highest BCUT2D eigenvalue weighted by atomic mass is 32.2. The van der Waals surface area contributed by atoms with Crippen LogP contribution >= 0.6 is 0 Å². The van der Waals surface area contributed by atoms with Crippen molar-refractivity contribution in [3.63, 3.8) is 0 Å². The van der Waals surface area contributed by atoms with Crippen molar-refractivity contribution < 1.29 is 17.6 Å². The number of carbonyl (C=O) groups is 1. The van der Waals surface area contributed by atoms with E-state index in [1.807, 2.05) is 0 Å². The monoisotopic (exact) mass is 350 g/mol. The Bertz CT molecular complexity index is 792. The van der Waals surface area contributed by atoms with Crippen molar-refractivity contribution in [3.05, 3.63) is 60.4 Å². The van der Waals surface area contributed by atoms with E-state index in [4.69, 9.17) is 0 Å². The first kappa shape index (κ1) is 18.1. The summed E-state index contributed by atoms with van der Waals surface area (Å²) in [6.07, 6.45) is 0. The van der Waals surface area contributed by atoms with Gasteiger partial charge >= 0.3 is 0 Å². The van der Waals surface area contributed by atoms with Crippen LogP contribution in [-0.2, 0) is 14.8 Å². The van der Waals surface area contributed by atoms with Crippen LogP contribution in [0, 0.1) is 5.82 Å². The van der Waals surface area contributed by atoms with Crippen LogP contribution in [0.15, 0.2) is 59.5 Å². The Morgan fingerprint density at radius 3 is 2.17 bits per heavy atom. The number of carbonyl (C=O) groups excluding carboxylic acids is 1. The smallest absolute Gasteiger partial charge is 0.243 e. The maximum Gasteiger partial charge on any atom is 0.243 e. The fourth-order valence-electron chi connectivity index (χ4n) is 2.17. The number of halogens is 1. The van der Waals surface area contributed by atoms with E-state index < -0.39 is 21.7 Å². The number of nitrogens with zero attached hydrogens (tertiary/aromatic N) is 2. The number of hydrogen-bond acceptors (Lipinski definition) is 3. The molecule has 1 amide bonds. The van der Waals surface area contributed by atoms with Crippen LogP contribution in [-0.4, -0.2) is 38.8 Å². The molecule has 0 aliphatic heterocycles. The van der Waals surface area contributed by atoms with Crippen molar-refractivity contribution >= 4 is 21.6 Å². The van der Waals surface area contributed by atoms with E-state index in [1.54, 1.807) is 25.1 Å². The summed E-state index contributed by atoms with van der Waals surface area (Å²) in [5.41, 5.74) is 0.495. The Labute approximate surface area is 141 Å². The predicted molar refractivity (Wildman–Crippen MR) is 90.7 cm³/mol. The summed E-state index contributed by atoms with van der Waals surface area (Å²) in [6.45, 7) is 1.55. The third-order valence-corrected chi connectivity index (χ3v) is 5.57. The van der Waals surface area contributed by atoms with Gasteiger partial charge in [-0.2, -0.15) is 4.31 Å². The summed E-state index contributed by atoms with van der Waals surface area (Å²) < 4.78 is 39.3. The Hall–Kier alpha value is -2.25. The molecule has 2 rings (SSSR count). The van der Waals surface area contributed by atoms with Gasteiger partial charge in [-0.3, -0.25) is 4.79 Å². The fourth-order valence-corrected chi connectivity index (χ4v) is 3.59. The van der Waals surface area contributed by atoms with Crippen molar-refractivity contribution in [1.29, 1.82) is 0 Å². The molecule has 0 spiro atoms. The van der Waals surface area contributed by atoms with E-state index in [-0.39, 0.29) is 18.0 Å². The summed E-state index contributed by atoms with van der Waals surface area (Å²) in [5, 5.41) is 0. The topological polar surface area (TPSA) is 57.7 Å². The van der Waals surface area contributed by atoms with Crippen molar-refractivity contribution in [2.45, 2.75) is 11.8 Å². The SMILES string of the molecule is CCN(CC(=O)N(C)c1ccc(F)cc1)S(=O)(=O)c1ccccc1. The molecule has 0 unspecified atom stereocenters. The Morgan fingerprint density at radius 2 is 1.62 bits per heavy atom. The molecule has 7 heteroatoms. The third-order valence-electron chi connectivity index (χ3n) is 3.63. The largest absolute Gasteiger partial charge is 0.314 e. The predicted octanol–water partition coefficient (Wildman–Crippen LogP) is 2.50. The zero-order chi connectivity index (χ0) is 17.7. The van der Waals surface area contributed by atoms with Gasteiger partial charge in [0.05, 0.1) is 11.4 Å². The lowest BCUT2D eigenvalue weighted by Gasteiger charge is -2.24. The number of benzene rings is 2. The average molecular weight is 350 g/mol. The van der Waals surface area contributed by atoms with Gasteiger partial charge in [0.15, 0.2) is 0 Å². The molecular formula is C17H19FN2O3S. The van der Waals surface area contributed by atoms with E-state index in [0.29, 0.717) is 5.69 Å². The molecule has 0 aromatic heterocycles. The van der Waals surface area contributed by atoms with Crippen molar-refractivity contribution in [2.75, 3.05) is 25.0 Å². The average Bonchev–Trinajstić information content (AvgIpc) is 2.60. The minimum absolute atomic E-state index is 0.143. The lowest BCUT2D eigenvalue weighted by Crippen LogP contribution is -2.41. The maximum absolute atomic E-state index is 13.0. The van der Waals surface area contributed by atoms with Gasteiger partial charge in [-0.15, -0.1) is 0 Å². The normalized spacial score (nSPS) is 11.5. The number of rotatable bonds is 6. The number of likely N-dealkylation sites (N-methyl/N-ethyl adjacent to an activating group) is 2. The lowest BCUT2D eigenvalue weighted by atomic mass is 10.3. The van der Waals surface area contributed by atoms with Crippen LogP contribution in [0.3, 0.4) is 0 Å². The highest BCUT2D eigenvalue weighted by Gasteiger charge is 2.26. The molecule has 24 heavy (non-hydrogen) atoms. The van der Waals surface area contributed by atoms with Crippen LogP contribution < -0.4 is 4.90 Å². The quantitative estimate of drug-likeness (QED) is 0.804. The number of anilines is 1. The number of sulfonamides is 1. The second-order valence-corrected chi connectivity index (χ2v) is 7.11. The maximum atomic E-state index is 13.0. The van der Waals surface area contributed by atoms with Gasteiger partial charge in [-0.1, -0.05) is 25.1 Å². The van der Waals surface area contributed by atoms with E-state index in [2.05, 4.69) is 0 Å². The van der Waals surface area contributed by atoms with E-state index >= 15 is 0 Å². The molecule has 2 aromatic carbocycles. The van der Waals surface area contributed by atoms with Gasteiger partial charge in [-0.25, -0.2) is 12.8 Å². The molecule has 128 valence electrons. The van der Waals surface area contributed by atoms with E-state index in [0.717, 1.165) is 4.31 Å². The molecular weight excluding hydrogens is 331 g/mol. The fraction of sp³-hybridized carbons (Fsp3) is 0.235. The second-order valence-electron chi connectivity index (χ2n) is 5.17. The second kappa shape index (κ2) is 7.55. The lowest BCUT2D eigenvalue weighted by molar-refractivity contribution is -0.118. The Morgan fingerprint density at radius 1 is 1.04 bits per heavy atom. The highest BCUT2D eigenvalue weighted by molar-refractivity contribution is 7.89. The van der Waals surface area contributed by atoms with Gasteiger partial charge in [0.2, 0.25) is 15.9 Å². The summed E-state index contributed by atoms with van der Waals surface area (Å²) in [7, 11) is -2.22. The highest BCUT2D eigenvalue weighted by Crippen LogP contribution is 2.17. The summed E-state index contributed by atoms with van der Waals surface area (Å²) in [4.78, 5) is 13.9. The molecule has 5 nitrogen and oxygen atoms in total. The third kappa shape index (κ3) is 3.98. The van der Waals surface area contributed by atoms with E-state index in [1.165, 1.54) is 48.3 Å². The molecule has 0 aliphatic carbocycles. The zero-order valence-electron chi connectivity index (χ0n) is 13.5. The molecule has 0 saturated carbocycles. The molecule has 0 bridgehead atoms. The van der Waals surface area contributed by atoms with Crippen LogP contribution in [0.4, 0.5) is 10.1 Å².